The van der Waals surface area contributed by atoms with Gasteiger partial charge in [-0.2, -0.15) is 0 Å². The van der Waals surface area contributed by atoms with Crippen LogP contribution in [-0.2, 0) is 6.42 Å². The molecule has 2 fully saturated rings. The van der Waals surface area contributed by atoms with Crippen molar-refractivity contribution in [2.45, 2.75) is 57.0 Å². The van der Waals surface area contributed by atoms with Gasteiger partial charge < -0.3 is 14.9 Å². The Kier molecular flexibility index (Phi) is 3.63. The van der Waals surface area contributed by atoms with Crippen molar-refractivity contribution in [3.63, 3.8) is 0 Å². The molecule has 0 saturated heterocycles. The molecule has 4 heteroatoms. The summed E-state index contributed by atoms with van der Waals surface area (Å²) < 4.78 is 4.80. The van der Waals surface area contributed by atoms with Gasteiger partial charge in [0.15, 0.2) is 0 Å². The lowest BCUT2D eigenvalue weighted by atomic mass is 9.53. The van der Waals surface area contributed by atoms with E-state index in [4.69, 9.17) is 16.3 Å². The average Bonchev–Trinajstić information content (AvgIpc) is 2.86. The minimum atomic E-state index is -1.28. The molecule has 3 aliphatic carbocycles. The zero-order chi connectivity index (χ0) is 17.8. The second-order valence-electron chi connectivity index (χ2n) is 8.14. The summed E-state index contributed by atoms with van der Waals surface area (Å²) in [5.41, 5.74) is 1.37. The number of aryl methyl sites for hydroxylation is 1. The van der Waals surface area contributed by atoms with E-state index in [1.54, 1.807) is 6.07 Å². The van der Waals surface area contributed by atoms with Crippen molar-refractivity contribution in [2.75, 3.05) is 0 Å². The average molecular weight is 340 g/mol. The number of hydrogen-bond donors (Lipinski definition) is 2. The summed E-state index contributed by atoms with van der Waals surface area (Å²) in [7, 11) is 0. The molecule has 4 nitrogen and oxygen atoms in total. The van der Waals surface area contributed by atoms with Gasteiger partial charge in [-0.05, 0) is 79.5 Å². The van der Waals surface area contributed by atoms with Crippen LogP contribution in [0.15, 0.2) is 18.2 Å². The predicted molar refractivity (Wildman–Crippen MR) is 93.5 cm³/mol. The Morgan fingerprint density at radius 1 is 1.32 bits per heavy atom. The molecule has 132 valence electrons. The zero-order valence-electron chi connectivity index (χ0n) is 14.5. The first-order chi connectivity index (χ1) is 11.9. The Labute approximate surface area is 148 Å². The van der Waals surface area contributed by atoms with E-state index in [9.17, 15) is 9.90 Å². The van der Waals surface area contributed by atoms with Gasteiger partial charge in [-0.25, -0.2) is 4.79 Å². The summed E-state index contributed by atoms with van der Waals surface area (Å²) in [6.45, 7) is 2.18. The summed E-state index contributed by atoms with van der Waals surface area (Å²) in [6.07, 6.45) is 10.1. The maximum Gasteiger partial charge on any atom is 0.511 e. The number of terminal acetylenes is 1. The molecule has 0 radical (unpaired) electrons. The highest BCUT2D eigenvalue weighted by molar-refractivity contribution is 5.61. The monoisotopic (exact) mass is 340 g/mol. The summed E-state index contributed by atoms with van der Waals surface area (Å²) >= 11 is 0. The Morgan fingerprint density at radius 2 is 2.12 bits per heavy atom. The molecule has 25 heavy (non-hydrogen) atoms. The highest BCUT2D eigenvalue weighted by Crippen LogP contribution is 2.64. The summed E-state index contributed by atoms with van der Waals surface area (Å²) in [6, 6.07) is 5.67. The normalized spacial score (nSPS) is 38.8. The van der Waals surface area contributed by atoms with Crippen molar-refractivity contribution < 1.29 is 19.7 Å². The molecule has 1 aromatic carbocycles. The Bertz CT molecular complexity index is 764. The molecular weight excluding hydrogens is 316 g/mol. The highest BCUT2D eigenvalue weighted by Gasteiger charge is 2.61. The number of hydrogen-bond acceptors (Lipinski definition) is 3. The molecule has 0 bridgehead atoms. The van der Waals surface area contributed by atoms with Crippen molar-refractivity contribution in [3.05, 3.63) is 29.3 Å². The predicted octanol–water partition coefficient (Wildman–Crippen LogP) is 3.96. The number of aliphatic hydroxyl groups is 1. The number of ether oxygens (including phenoxy) is 1. The van der Waals surface area contributed by atoms with Crippen LogP contribution in [0, 0.1) is 29.6 Å². The second kappa shape index (κ2) is 5.51. The van der Waals surface area contributed by atoms with Crippen LogP contribution in [0.1, 0.15) is 56.1 Å². The molecule has 0 aromatic heterocycles. The van der Waals surface area contributed by atoms with E-state index < -0.39 is 11.8 Å². The topological polar surface area (TPSA) is 66.8 Å². The number of carbonyl (C=O) groups is 1. The summed E-state index contributed by atoms with van der Waals surface area (Å²) in [5, 5.41) is 19.8. The molecule has 2 saturated carbocycles. The maximum atomic E-state index is 11.0. The molecular formula is C21H24O4. The van der Waals surface area contributed by atoms with E-state index in [1.807, 2.05) is 12.1 Å². The number of fused-ring (bicyclic) bond motifs is 5. The van der Waals surface area contributed by atoms with Gasteiger partial charge in [-0.1, -0.05) is 18.9 Å². The van der Waals surface area contributed by atoms with Gasteiger partial charge in [-0.15, -0.1) is 6.42 Å². The van der Waals surface area contributed by atoms with Crippen LogP contribution in [0.4, 0.5) is 4.79 Å². The first kappa shape index (κ1) is 16.5. The van der Waals surface area contributed by atoms with Crippen LogP contribution < -0.4 is 4.74 Å². The molecule has 0 aliphatic heterocycles. The van der Waals surface area contributed by atoms with Gasteiger partial charge in [-0.3, -0.25) is 0 Å². The zero-order valence-corrected chi connectivity index (χ0v) is 14.5. The highest BCUT2D eigenvalue weighted by atomic mass is 16.7. The molecule has 1 aromatic rings. The fourth-order valence-electron chi connectivity index (χ4n) is 5.98. The second-order valence-corrected chi connectivity index (χ2v) is 8.14. The number of carboxylic acid groups (broad SMARTS) is 1. The largest absolute Gasteiger partial charge is 0.511 e. The lowest BCUT2D eigenvalue weighted by Crippen LogP contribution is -2.50. The molecule has 5 atom stereocenters. The minimum Gasteiger partial charge on any atom is -0.449 e. The van der Waals surface area contributed by atoms with Crippen molar-refractivity contribution in [1.82, 2.24) is 0 Å². The van der Waals surface area contributed by atoms with E-state index in [1.165, 1.54) is 11.1 Å². The molecule has 4 rings (SSSR count). The SMILES string of the molecule is C#C[C@]1(O)CC[C@H]2[C@@H]3CCc4cc(OC(=O)O)ccc4[C@H]3CC[C@@]21C. The fourth-order valence-corrected chi connectivity index (χ4v) is 5.98. The summed E-state index contributed by atoms with van der Waals surface area (Å²) in [4.78, 5) is 10.8. The Morgan fingerprint density at radius 3 is 2.84 bits per heavy atom. The van der Waals surface area contributed by atoms with Gasteiger partial charge >= 0.3 is 6.16 Å². The Hall–Kier alpha value is -1.99. The van der Waals surface area contributed by atoms with Gasteiger partial charge in [0.1, 0.15) is 11.4 Å². The van der Waals surface area contributed by atoms with Crippen molar-refractivity contribution in [2.24, 2.45) is 17.3 Å². The molecule has 0 amide bonds. The minimum absolute atomic E-state index is 0.188. The fraction of sp³-hybridized carbons (Fsp3) is 0.571. The van der Waals surface area contributed by atoms with Crippen LogP contribution >= 0.6 is 0 Å². The van der Waals surface area contributed by atoms with E-state index in [0.717, 1.165) is 32.1 Å². The number of benzene rings is 1. The van der Waals surface area contributed by atoms with Crippen molar-refractivity contribution in [1.29, 1.82) is 0 Å². The molecule has 3 aliphatic rings. The summed E-state index contributed by atoms with van der Waals surface area (Å²) in [5.74, 6) is 4.57. The van der Waals surface area contributed by atoms with E-state index >= 15 is 0 Å². The third kappa shape index (κ3) is 2.29. The quantitative estimate of drug-likeness (QED) is 0.461. The smallest absolute Gasteiger partial charge is 0.449 e. The van der Waals surface area contributed by atoms with Gasteiger partial charge in [0, 0.05) is 5.41 Å². The molecule has 2 N–H and O–H groups in total. The van der Waals surface area contributed by atoms with Gasteiger partial charge in [0.05, 0.1) is 0 Å². The van der Waals surface area contributed by atoms with E-state index in [0.29, 0.717) is 29.9 Å². The van der Waals surface area contributed by atoms with Crippen LogP contribution in [0.5, 0.6) is 5.75 Å². The van der Waals surface area contributed by atoms with Gasteiger partial charge in [0.25, 0.3) is 0 Å². The lowest BCUT2D eigenvalue weighted by molar-refractivity contribution is -0.0646. The van der Waals surface area contributed by atoms with Crippen LogP contribution in [0.2, 0.25) is 0 Å². The molecule has 0 spiro atoms. The lowest BCUT2D eigenvalue weighted by Gasteiger charge is -2.52. The standard InChI is InChI=1S/C21H24O4/c1-3-21(24)11-9-18-17-6-4-13-12-14(25-19(22)23)5-7-15(13)16(17)8-10-20(18,21)2/h1,5,7,12,16-18,24H,4,6,8-11H2,2H3,(H,22,23)/t16-,17-,18+,20+,21+/m1/s1. The van der Waals surface area contributed by atoms with Crippen LogP contribution in [0.25, 0.3) is 0 Å². The molecule has 0 unspecified atom stereocenters. The molecule has 0 heterocycles. The first-order valence-corrected chi connectivity index (χ1v) is 9.12. The first-order valence-electron chi connectivity index (χ1n) is 9.12. The van der Waals surface area contributed by atoms with E-state index in [-0.39, 0.29) is 5.41 Å². The van der Waals surface area contributed by atoms with E-state index in [2.05, 4.69) is 12.8 Å². The van der Waals surface area contributed by atoms with Crippen LogP contribution in [0.3, 0.4) is 0 Å². The van der Waals surface area contributed by atoms with Crippen LogP contribution in [-0.4, -0.2) is 22.0 Å². The number of rotatable bonds is 1. The third-order valence-corrected chi connectivity index (χ3v) is 7.29. The van der Waals surface area contributed by atoms with Crippen molar-refractivity contribution >= 4 is 6.16 Å². The Balaban J connectivity index is 1.65. The van der Waals surface area contributed by atoms with Crippen molar-refractivity contribution in [3.8, 4) is 18.1 Å². The maximum absolute atomic E-state index is 11.0. The third-order valence-electron chi connectivity index (χ3n) is 7.29. The van der Waals surface area contributed by atoms with Gasteiger partial charge in [0.2, 0.25) is 0 Å².